The normalized spacial score (nSPS) is 10.8. The molecule has 0 atom stereocenters. The van der Waals surface area contributed by atoms with Crippen molar-refractivity contribution >= 4 is 11.0 Å². The molecule has 1 aromatic heterocycles. The Labute approximate surface area is 180 Å². The number of fused-ring (bicyclic) bond motifs is 1. The molecule has 0 fully saturated rings. The number of hydrogen-bond donors (Lipinski definition) is 4. The van der Waals surface area contributed by atoms with Crippen LogP contribution in [0.2, 0.25) is 0 Å². The largest absolute Gasteiger partial charge is 0.508 e. The summed E-state index contributed by atoms with van der Waals surface area (Å²) in [6, 6.07) is 5.25. The van der Waals surface area contributed by atoms with Gasteiger partial charge in [-0.25, -0.2) is 0 Å². The van der Waals surface area contributed by atoms with Gasteiger partial charge in [0.15, 0.2) is 0 Å². The maximum absolute atomic E-state index is 13.3. The number of aromatic hydroxyl groups is 4. The minimum absolute atomic E-state index is 0.00299. The van der Waals surface area contributed by atoms with Gasteiger partial charge < -0.3 is 24.8 Å². The Kier molecular flexibility index (Phi) is 6.11. The maximum Gasteiger partial charge on any atom is 0.200 e. The molecule has 3 aromatic rings. The van der Waals surface area contributed by atoms with Crippen LogP contribution in [-0.2, 0) is 12.8 Å². The van der Waals surface area contributed by atoms with Crippen molar-refractivity contribution in [3.8, 4) is 34.3 Å². The zero-order chi connectivity index (χ0) is 22.9. The van der Waals surface area contributed by atoms with Crippen LogP contribution in [-0.4, -0.2) is 20.4 Å². The molecule has 31 heavy (non-hydrogen) atoms. The number of allylic oxidation sites excluding steroid dienone is 4. The monoisotopic (exact) mass is 422 g/mol. The van der Waals surface area contributed by atoms with Crippen molar-refractivity contribution in [2.24, 2.45) is 0 Å². The molecule has 3 rings (SSSR count). The number of hydrogen-bond acceptors (Lipinski definition) is 6. The summed E-state index contributed by atoms with van der Waals surface area (Å²) in [4.78, 5) is 13.3. The van der Waals surface area contributed by atoms with E-state index in [1.54, 1.807) is 0 Å². The molecule has 0 radical (unpaired) electrons. The first-order valence-electron chi connectivity index (χ1n) is 9.92. The van der Waals surface area contributed by atoms with E-state index in [0.717, 1.165) is 17.2 Å². The van der Waals surface area contributed by atoms with Gasteiger partial charge in [0.2, 0.25) is 5.43 Å². The molecular formula is C25H26O6. The van der Waals surface area contributed by atoms with Gasteiger partial charge in [-0.2, -0.15) is 0 Å². The Morgan fingerprint density at radius 2 is 1.48 bits per heavy atom. The first-order valence-corrected chi connectivity index (χ1v) is 9.92. The summed E-state index contributed by atoms with van der Waals surface area (Å²) in [6.07, 6.45) is 4.24. The lowest BCUT2D eigenvalue weighted by Gasteiger charge is -2.14. The molecule has 162 valence electrons. The van der Waals surface area contributed by atoms with Crippen molar-refractivity contribution in [3.63, 3.8) is 0 Å². The van der Waals surface area contributed by atoms with E-state index in [1.807, 2.05) is 39.8 Å². The summed E-state index contributed by atoms with van der Waals surface area (Å²) < 4.78 is 5.95. The van der Waals surface area contributed by atoms with Crippen LogP contribution in [0.1, 0.15) is 38.8 Å². The highest BCUT2D eigenvalue weighted by molar-refractivity contribution is 5.88. The Balaban J connectivity index is 2.37. The van der Waals surface area contributed by atoms with Crippen LogP contribution in [0, 0.1) is 0 Å². The van der Waals surface area contributed by atoms with Crippen molar-refractivity contribution < 1.29 is 24.8 Å². The fourth-order valence-corrected chi connectivity index (χ4v) is 3.35. The highest BCUT2D eigenvalue weighted by Gasteiger charge is 2.22. The Morgan fingerprint density at radius 1 is 0.871 bits per heavy atom. The molecule has 0 bridgehead atoms. The van der Waals surface area contributed by atoms with Crippen LogP contribution in [0.4, 0.5) is 0 Å². The van der Waals surface area contributed by atoms with Gasteiger partial charge in [0, 0.05) is 23.3 Å². The molecular weight excluding hydrogens is 396 g/mol. The summed E-state index contributed by atoms with van der Waals surface area (Å²) in [6.45, 7) is 7.62. The third kappa shape index (κ3) is 4.43. The number of phenolic OH excluding ortho intramolecular Hbond substituents is 4. The molecule has 0 amide bonds. The van der Waals surface area contributed by atoms with E-state index in [-0.39, 0.29) is 57.3 Å². The van der Waals surface area contributed by atoms with E-state index in [2.05, 4.69) is 0 Å². The lowest BCUT2D eigenvalue weighted by atomic mass is 9.97. The number of rotatable bonds is 5. The molecule has 2 aromatic carbocycles. The highest BCUT2D eigenvalue weighted by atomic mass is 16.3. The molecule has 6 nitrogen and oxygen atoms in total. The molecule has 0 saturated heterocycles. The van der Waals surface area contributed by atoms with Crippen LogP contribution >= 0.6 is 0 Å². The minimum atomic E-state index is -0.454. The van der Waals surface area contributed by atoms with E-state index in [9.17, 15) is 25.2 Å². The third-order valence-electron chi connectivity index (χ3n) is 4.98. The Hall–Kier alpha value is -3.67. The SMILES string of the molecule is CC(C)=CCc1c(O)ccc(-c2oc3cc(O)cc(O)c3c(=O)c2CC=C(C)C)c1O. The second-order valence-corrected chi connectivity index (χ2v) is 8.01. The molecule has 0 spiro atoms. The predicted octanol–water partition coefficient (Wildman–Crippen LogP) is 5.30. The summed E-state index contributed by atoms with van der Waals surface area (Å²) in [5.41, 5.74) is 2.36. The summed E-state index contributed by atoms with van der Waals surface area (Å²) in [7, 11) is 0. The van der Waals surface area contributed by atoms with Gasteiger partial charge in [0.25, 0.3) is 0 Å². The van der Waals surface area contributed by atoms with Crippen molar-refractivity contribution in [3.05, 3.63) is 68.9 Å². The third-order valence-corrected chi connectivity index (χ3v) is 4.98. The van der Waals surface area contributed by atoms with E-state index in [4.69, 9.17) is 4.42 Å². The van der Waals surface area contributed by atoms with Gasteiger partial charge in [0.05, 0.1) is 5.56 Å². The van der Waals surface area contributed by atoms with E-state index < -0.39 is 5.43 Å². The van der Waals surface area contributed by atoms with Gasteiger partial charge in [-0.1, -0.05) is 23.3 Å². The first kappa shape index (κ1) is 22.0. The van der Waals surface area contributed by atoms with Gasteiger partial charge in [-0.05, 0) is 52.7 Å². The molecule has 0 aliphatic rings. The summed E-state index contributed by atoms with van der Waals surface area (Å²) in [5, 5.41) is 41.2. The summed E-state index contributed by atoms with van der Waals surface area (Å²) >= 11 is 0. The van der Waals surface area contributed by atoms with Crippen LogP contribution in [0.3, 0.4) is 0 Å². The Bertz CT molecular complexity index is 1270. The van der Waals surface area contributed by atoms with E-state index >= 15 is 0 Å². The average Bonchev–Trinajstić information content (AvgIpc) is 2.66. The molecule has 1 heterocycles. The van der Waals surface area contributed by atoms with Crippen LogP contribution in [0.15, 0.2) is 56.8 Å². The number of benzene rings is 2. The Morgan fingerprint density at radius 3 is 2.10 bits per heavy atom. The topological polar surface area (TPSA) is 111 Å². The average molecular weight is 422 g/mol. The highest BCUT2D eigenvalue weighted by Crippen LogP contribution is 2.40. The fourth-order valence-electron chi connectivity index (χ4n) is 3.35. The van der Waals surface area contributed by atoms with Crippen LogP contribution in [0.5, 0.6) is 23.0 Å². The van der Waals surface area contributed by atoms with Gasteiger partial charge in [-0.15, -0.1) is 0 Å². The molecule has 4 N–H and O–H groups in total. The molecule has 0 aliphatic heterocycles. The molecule has 0 unspecified atom stereocenters. The van der Waals surface area contributed by atoms with Crippen LogP contribution in [0.25, 0.3) is 22.3 Å². The molecule has 0 aliphatic carbocycles. The lowest BCUT2D eigenvalue weighted by Crippen LogP contribution is -2.11. The standard InChI is InChI=1S/C25H26O6/c1-13(2)5-7-16-19(27)10-9-17(23(16)29)25-18(8-6-14(3)4)24(30)22-20(28)11-15(26)12-21(22)31-25/h5-6,9-12,26-29H,7-8H2,1-4H3. The molecule has 6 heteroatoms. The van der Waals surface area contributed by atoms with Gasteiger partial charge in [0.1, 0.15) is 39.7 Å². The van der Waals surface area contributed by atoms with Gasteiger partial charge >= 0.3 is 0 Å². The van der Waals surface area contributed by atoms with Gasteiger partial charge in [-0.3, -0.25) is 4.79 Å². The van der Waals surface area contributed by atoms with Crippen molar-refractivity contribution in [2.45, 2.75) is 40.5 Å². The van der Waals surface area contributed by atoms with Crippen molar-refractivity contribution in [2.75, 3.05) is 0 Å². The van der Waals surface area contributed by atoms with Crippen LogP contribution < -0.4 is 5.43 Å². The smallest absolute Gasteiger partial charge is 0.200 e. The summed E-state index contributed by atoms with van der Waals surface area (Å²) in [5.74, 6) is -0.773. The number of phenols is 4. The van der Waals surface area contributed by atoms with E-state index in [0.29, 0.717) is 12.0 Å². The molecule has 0 saturated carbocycles. The second kappa shape index (κ2) is 8.60. The first-order chi connectivity index (χ1) is 14.6. The quantitative estimate of drug-likeness (QED) is 0.415. The predicted molar refractivity (Wildman–Crippen MR) is 121 cm³/mol. The van der Waals surface area contributed by atoms with Crippen molar-refractivity contribution in [1.29, 1.82) is 0 Å². The fraction of sp³-hybridized carbons (Fsp3) is 0.240. The second-order valence-electron chi connectivity index (χ2n) is 8.01. The van der Waals surface area contributed by atoms with Crippen molar-refractivity contribution in [1.82, 2.24) is 0 Å². The minimum Gasteiger partial charge on any atom is -0.508 e. The van der Waals surface area contributed by atoms with E-state index in [1.165, 1.54) is 18.2 Å². The maximum atomic E-state index is 13.3. The lowest BCUT2D eigenvalue weighted by molar-refractivity contribution is 0.440. The zero-order valence-corrected chi connectivity index (χ0v) is 18.0. The zero-order valence-electron chi connectivity index (χ0n) is 18.0.